The minimum Gasteiger partial charge on any atom is -0.331 e. The largest absolute Gasteiger partial charge is 0.331 e. The van der Waals surface area contributed by atoms with Gasteiger partial charge in [-0.2, -0.15) is 0 Å². The van der Waals surface area contributed by atoms with Crippen molar-refractivity contribution in [2.45, 2.75) is 13.5 Å². The maximum absolute atomic E-state index is 13.4. The van der Waals surface area contributed by atoms with E-state index in [-0.39, 0.29) is 5.82 Å². The number of rotatable bonds is 2. The van der Waals surface area contributed by atoms with Gasteiger partial charge in [0, 0.05) is 12.4 Å². The van der Waals surface area contributed by atoms with Crippen LogP contribution in [0.25, 0.3) is 11.0 Å². The molecule has 1 aromatic carbocycles. The van der Waals surface area contributed by atoms with Gasteiger partial charge in [-0.05, 0) is 54.5 Å². The average molecular weight is 273 g/mol. The zero-order valence-electron chi connectivity index (χ0n) is 10.4. The summed E-state index contributed by atoms with van der Waals surface area (Å²) in [5, 5.41) is 0. The van der Waals surface area contributed by atoms with Crippen LogP contribution in [-0.4, -0.2) is 14.5 Å². The van der Waals surface area contributed by atoms with Gasteiger partial charge in [-0.3, -0.25) is 4.98 Å². The van der Waals surface area contributed by atoms with Gasteiger partial charge < -0.3 is 9.55 Å². The Morgan fingerprint density at radius 2 is 2.21 bits per heavy atom. The molecule has 2 aromatic heterocycles. The molecule has 19 heavy (non-hydrogen) atoms. The number of nitrogens with zero attached hydrogens (tertiary/aromatic N) is 2. The number of nitrogens with one attached hydrogen (secondary N) is 1. The Labute approximate surface area is 114 Å². The van der Waals surface area contributed by atoms with Gasteiger partial charge in [0.2, 0.25) is 0 Å². The van der Waals surface area contributed by atoms with Crippen molar-refractivity contribution in [1.29, 1.82) is 0 Å². The molecule has 96 valence electrons. The lowest BCUT2D eigenvalue weighted by atomic mass is 10.1. The first-order valence-electron chi connectivity index (χ1n) is 5.93. The van der Waals surface area contributed by atoms with E-state index in [1.807, 2.05) is 23.8 Å². The summed E-state index contributed by atoms with van der Waals surface area (Å²) in [6, 6.07) is 6.57. The molecule has 2 heterocycles. The number of halogens is 1. The lowest BCUT2D eigenvalue weighted by Gasteiger charge is -2.07. The van der Waals surface area contributed by atoms with Gasteiger partial charge in [-0.25, -0.2) is 4.39 Å². The van der Waals surface area contributed by atoms with Crippen LogP contribution in [0.4, 0.5) is 4.39 Å². The average Bonchev–Trinajstić information content (AvgIpc) is 2.69. The molecule has 0 aliphatic carbocycles. The van der Waals surface area contributed by atoms with Crippen molar-refractivity contribution in [3.05, 3.63) is 58.4 Å². The number of aryl methyl sites for hydroxylation is 1. The Balaban J connectivity index is 2.15. The first-order chi connectivity index (χ1) is 9.15. The molecule has 0 fully saturated rings. The predicted molar refractivity (Wildman–Crippen MR) is 75.2 cm³/mol. The van der Waals surface area contributed by atoms with Crippen LogP contribution in [-0.2, 0) is 6.54 Å². The van der Waals surface area contributed by atoms with E-state index in [0.29, 0.717) is 11.3 Å². The van der Waals surface area contributed by atoms with Gasteiger partial charge in [0.05, 0.1) is 17.6 Å². The summed E-state index contributed by atoms with van der Waals surface area (Å²) >= 11 is 5.30. The zero-order valence-corrected chi connectivity index (χ0v) is 11.2. The summed E-state index contributed by atoms with van der Waals surface area (Å²) in [4.78, 5) is 7.21. The number of pyridine rings is 1. The molecule has 0 saturated carbocycles. The van der Waals surface area contributed by atoms with Gasteiger partial charge in [0.15, 0.2) is 4.77 Å². The third-order valence-corrected chi connectivity index (χ3v) is 3.54. The standard InChI is InChI=1S/C14H12FN3S/c1-9-4-5-16-7-10(9)8-18-13-6-11(15)2-3-12(13)17-14(18)19/h2-7H,8H2,1H3,(H,17,19). The van der Waals surface area contributed by atoms with Gasteiger partial charge in [0.25, 0.3) is 0 Å². The predicted octanol–water partition coefficient (Wildman–Crippen LogP) is 3.59. The second-order valence-corrected chi connectivity index (χ2v) is 4.87. The van der Waals surface area contributed by atoms with Crippen LogP contribution in [0.2, 0.25) is 0 Å². The van der Waals surface area contributed by atoms with Crippen molar-refractivity contribution >= 4 is 23.3 Å². The monoisotopic (exact) mass is 273 g/mol. The second kappa shape index (κ2) is 4.59. The van der Waals surface area contributed by atoms with E-state index in [0.717, 1.165) is 22.2 Å². The highest BCUT2D eigenvalue weighted by Crippen LogP contribution is 2.18. The van der Waals surface area contributed by atoms with Gasteiger partial charge in [-0.1, -0.05) is 0 Å². The summed E-state index contributed by atoms with van der Waals surface area (Å²) in [5.41, 5.74) is 3.83. The van der Waals surface area contributed by atoms with Crippen LogP contribution in [0.3, 0.4) is 0 Å². The molecule has 1 N–H and O–H groups in total. The number of imidazole rings is 1. The van der Waals surface area contributed by atoms with Crippen molar-refractivity contribution in [3.8, 4) is 0 Å². The molecule has 0 unspecified atom stereocenters. The fourth-order valence-corrected chi connectivity index (χ4v) is 2.39. The highest BCUT2D eigenvalue weighted by molar-refractivity contribution is 7.71. The molecule has 0 aliphatic rings. The lowest BCUT2D eigenvalue weighted by Crippen LogP contribution is -2.02. The summed E-state index contributed by atoms with van der Waals surface area (Å²) < 4.78 is 15.8. The molecule has 3 nitrogen and oxygen atoms in total. The van der Waals surface area contributed by atoms with E-state index in [2.05, 4.69) is 9.97 Å². The van der Waals surface area contributed by atoms with Crippen molar-refractivity contribution in [2.24, 2.45) is 0 Å². The van der Waals surface area contributed by atoms with E-state index >= 15 is 0 Å². The summed E-state index contributed by atoms with van der Waals surface area (Å²) in [6.07, 6.45) is 3.57. The number of hydrogen-bond donors (Lipinski definition) is 1. The van der Waals surface area contributed by atoms with Crippen molar-refractivity contribution in [1.82, 2.24) is 14.5 Å². The van der Waals surface area contributed by atoms with Gasteiger partial charge in [-0.15, -0.1) is 0 Å². The molecule has 0 atom stereocenters. The maximum atomic E-state index is 13.4. The van der Waals surface area contributed by atoms with Gasteiger partial charge >= 0.3 is 0 Å². The molecular weight excluding hydrogens is 261 g/mol. The first-order valence-corrected chi connectivity index (χ1v) is 6.33. The minimum absolute atomic E-state index is 0.266. The smallest absolute Gasteiger partial charge is 0.178 e. The highest BCUT2D eigenvalue weighted by atomic mass is 32.1. The van der Waals surface area contributed by atoms with Crippen LogP contribution in [0.15, 0.2) is 36.7 Å². The van der Waals surface area contributed by atoms with Crippen LogP contribution in [0, 0.1) is 17.5 Å². The van der Waals surface area contributed by atoms with Crippen molar-refractivity contribution in [2.75, 3.05) is 0 Å². The second-order valence-electron chi connectivity index (χ2n) is 4.48. The zero-order chi connectivity index (χ0) is 13.4. The van der Waals surface area contributed by atoms with Crippen molar-refractivity contribution in [3.63, 3.8) is 0 Å². The summed E-state index contributed by atoms with van der Waals surface area (Å²) in [5.74, 6) is -0.266. The first kappa shape index (κ1) is 12.0. The molecule has 0 radical (unpaired) electrons. The Morgan fingerprint density at radius 1 is 1.37 bits per heavy atom. The van der Waals surface area contributed by atoms with E-state index in [1.54, 1.807) is 12.3 Å². The topological polar surface area (TPSA) is 33.6 Å². The summed E-state index contributed by atoms with van der Waals surface area (Å²) in [7, 11) is 0. The Bertz CT molecular complexity index is 804. The third kappa shape index (κ3) is 2.17. The van der Waals surface area contributed by atoms with Crippen LogP contribution >= 0.6 is 12.2 Å². The summed E-state index contributed by atoms with van der Waals surface area (Å²) in [6.45, 7) is 2.61. The van der Waals surface area contributed by atoms with E-state index in [4.69, 9.17) is 12.2 Å². The van der Waals surface area contributed by atoms with Crippen molar-refractivity contribution < 1.29 is 4.39 Å². The normalized spacial score (nSPS) is 11.1. The Hall–Kier alpha value is -2.01. The quantitative estimate of drug-likeness (QED) is 0.724. The number of hydrogen-bond acceptors (Lipinski definition) is 2. The number of aromatic amines is 1. The maximum Gasteiger partial charge on any atom is 0.178 e. The SMILES string of the molecule is Cc1ccncc1Cn1c(=S)[nH]c2ccc(F)cc21. The van der Waals surface area contributed by atoms with Gasteiger partial charge in [0.1, 0.15) is 5.82 Å². The van der Waals surface area contributed by atoms with Crippen LogP contribution < -0.4 is 0 Å². The molecule has 3 aromatic rings. The Morgan fingerprint density at radius 3 is 3.00 bits per heavy atom. The van der Waals surface area contributed by atoms with Crippen LogP contribution in [0.1, 0.15) is 11.1 Å². The number of aromatic nitrogens is 3. The van der Waals surface area contributed by atoms with E-state index in [1.165, 1.54) is 12.1 Å². The molecule has 5 heteroatoms. The minimum atomic E-state index is -0.266. The van der Waals surface area contributed by atoms with Crippen LogP contribution in [0.5, 0.6) is 0 Å². The molecular formula is C14H12FN3S. The highest BCUT2D eigenvalue weighted by Gasteiger charge is 2.07. The molecule has 3 rings (SSSR count). The molecule has 0 aliphatic heterocycles. The number of H-pyrrole nitrogens is 1. The van der Waals surface area contributed by atoms with E-state index < -0.39 is 0 Å². The molecule has 0 saturated heterocycles. The van der Waals surface area contributed by atoms with E-state index in [9.17, 15) is 4.39 Å². The Kier molecular flexibility index (Phi) is 2.91. The number of benzene rings is 1. The third-order valence-electron chi connectivity index (χ3n) is 3.21. The lowest BCUT2D eigenvalue weighted by molar-refractivity contribution is 0.628. The molecule has 0 bridgehead atoms. The molecule has 0 amide bonds. The number of fused-ring (bicyclic) bond motifs is 1. The fourth-order valence-electron chi connectivity index (χ4n) is 2.12. The fraction of sp³-hybridized carbons (Fsp3) is 0.143. The molecule has 0 spiro atoms.